The Balaban J connectivity index is 1.20. The van der Waals surface area contributed by atoms with Crippen LogP contribution in [0.4, 0.5) is 0 Å². The van der Waals surface area contributed by atoms with Crippen LogP contribution in [0.5, 0.6) is 0 Å². The summed E-state index contributed by atoms with van der Waals surface area (Å²) >= 11 is 0. The molecule has 1 amide bonds. The fraction of sp³-hybridized carbons (Fsp3) is 0.593. The van der Waals surface area contributed by atoms with Crippen molar-refractivity contribution in [1.29, 1.82) is 0 Å². The van der Waals surface area contributed by atoms with Gasteiger partial charge in [-0.05, 0) is 74.0 Å². The largest absolute Gasteiger partial charge is 0.376 e. The van der Waals surface area contributed by atoms with E-state index in [0.717, 1.165) is 74.8 Å². The minimum absolute atomic E-state index is 0.209. The predicted molar refractivity (Wildman–Crippen MR) is 131 cm³/mol. The van der Waals surface area contributed by atoms with E-state index < -0.39 is 0 Å². The minimum Gasteiger partial charge on any atom is -0.376 e. The molecule has 6 heteroatoms. The number of rotatable bonds is 6. The van der Waals surface area contributed by atoms with Crippen molar-refractivity contribution in [3.63, 3.8) is 0 Å². The lowest BCUT2D eigenvalue weighted by Gasteiger charge is -2.35. The van der Waals surface area contributed by atoms with E-state index >= 15 is 0 Å². The van der Waals surface area contributed by atoms with Gasteiger partial charge in [-0.1, -0.05) is 13.8 Å². The summed E-state index contributed by atoms with van der Waals surface area (Å²) in [5.41, 5.74) is 3.29. The molecule has 2 aliphatic rings. The lowest BCUT2D eigenvalue weighted by molar-refractivity contribution is -0.136. The van der Waals surface area contributed by atoms with Crippen LogP contribution in [0.3, 0.4) is 0 Å². The minimum atomic E-state index is 0.209. The van der Waals surface area contributed by atoms with Crippen molar-refractivity contribution in [2.75, 3.05) is 19.7 Å². The second-order valence-corrected chi connectivity index (χ2v) is 10.4. The van der Waals surface area contributed by atoms with Crippen LogP contribution in [0.2, 0.25) is 0 Å². The maximum Gasteiger partial charge on any atom is 0.222 e. The molecule has 5 rings (SSSR count). The average Bonchev–Trinajstić information content (AvgIpc) is 3.32. The fourth-order valence-corrected chi connectivity index (χ4v) is 5.71. The van der Waals surface area contributed by atoms with E-state index in [2.05, 4.69) is 45.8 Å². The van der Waals surface area contributed by atoms with E-state index in [4.69, 9.17) is 4.74 Å². The van der Waals surface area contributed by atoms with Gasteiger partial charge in [0, 0.05) is 49.3 Å². The number of hydrogen-bond donors (Lipinski definition) is 1. The first-order valence-electron chi connectivity index (χ1n) is 12.7. The summed E-state index contributed by atoms with van der Waals surface area (Å²) in [7, 11) is 0. The van der Waals surface area contributed by atoms with Gasteiger partial charge in [0.2, 0.25) is 5.91 Å². The molecule has 1 aliphatic carbocycles. The van der Waals surface area contributed by atoms with Gasteiger partial charge in [-0.2, -0.15) is 0 Å². The number of pyridine rings is 2. The molecule has 0 spiro atoms. The van der Waals surface area contributed by atoms with E-state index in [1.807, 2.05) is 18.6 Å². The second-order valence-electron chi connectivity index (χ2n) is 10.4. The van der Waals surface area contributed by atoms with Crippen LogP contribution in [0.1, 0.15) is 70.3 Å². The fourth-order valence-electron chi connectivity index (χ4n) is 5.71. The zero-order valence-electron chi connectivity index (χ0n) is 19.9. The van der Waals surface area contributed by atoms with Gasteiger partial charge in [-0.25, -0.2) is 9.97 Å². The van der Waals surface area contributed by atoms with Gasteiger partial charge in [0.25, 0.3) is 0 Å². The van der Waals surface area contributed by atoms with Crippen LogP contribution in [0, 0.1) is 11.8 Å². The number of aromatic amines is 1. The first-order valence-corrected chi connectivity index (χ1v) is 12.7. The molecule has 1 N–H and O–H groups in total. The zero-order valence-corrected chi connectivity index (χ0v) is 19.9. The predicted octanol–water partition coefficient (Wildman–Crippen LogP) is 5.44. The van der Waals surface area contributed by atoms with Crippen LogP contribution in [-0.4, -0.2) is 51.6 Å². The van der Waals surface area contributed by atoms with Crippen LogP contribution in [-0.2, 0) is 9.53 Å². The summed E-state index contributed by atoms with van der Waals surface area (Å²) in [4.78, 5) is 27.3. The SMILES string of the molecule is CC(C)COC1CCCN(C(=O)CC2CCC(c3cc[nH]c4cnc5nccc5c34)CC2)C1. The van der Waals surface area contributed by atoms with Crippen molar-refractivity contribution in [3.05, 3.63) is 36.3 Å². The first-order chi connectivity index (χ1) is 16.1. The van der Waals surface area contributed by atoms with Gasteiger partial charge in [0.05, 0.1) is 17.8 Å². The first kappa shape index (κ1) is 22.3. The molecule has 6 nitrogen and oxygen atoms in total. The molecular formula is C27H36N4O2. The molecular weight excluding hydrogens is 412 g/mol. The van der Waals surface area contributed by atoms with E-state index in [0.29, 0.717) is 30.1 Å². The lowest BCUT2D eigenvalue weighted by Crippen LogP contribution is -2.44. The van der Waals surface area contributed by atoms with E-state index in [9.17, 15) is 4.79 Å². The van der Waals surface area contributed by atoms with Gasteiger partial charge in [0.15, 0.2) is 5.65 Å². The third-order valence-electron chi connectivity index (χ3n) is 7.47. The van der Waals surface area contributed by atoms with Gasteiger partial charge in [-0.15, -0.1) is 0 Å². The number of hydrogen-bond acceptors (Lipinski definition) is 4. The van der Waals surface area contributed by atoms with Crippen molar-refractivity contribution >= 4 is 27.8 Å². The maximum absolute atomic E-state index is 13.0. The van der Waals surface area contributed by atoms with Crippen molar-refractivity contribution in [2.45, 2.75) is 70.8 Å². The Morgan fingerprint density at radius 2 is 2.03 bits per heavy atom. The molecule has 1 saturated heterocycles. The highest BCUT2D eigenvalue weighted by atomic mass is 16.5. The van der Waals surface area contributed by atoms with Gasteiger partial charge in [0.1, 0.15) is 0 Å². The summed E-state index contributed by atoms with van der Waals surface area (Å²) < 4.78 is 6.03. The van der Waals surface area contributed by atoms with Gasteiger partial charge in [-0.3, -0.25) is 4.79 Å². The molecule has 0 aromatic carbocycles. The monoisotopic (exact) mass is 448 g/mol. The number of likely N-dealkylation sites (tertiary alicyclic amines) is 1. The third kappa shape index (κ3) is 4.91. The number of H-pyrrole nitrogens is 1. The highest BCUT2D eigenvalue weighted by Crippen LogP contribution is 2.40. The summed E-state index contributed by atoms with van der Waals surface area (Å²) in [6.45, 7) is 6.79. The van der Waals surface area contributed by atoms with Gasteiger partial charge >= 0.3 is 0 Å². The maximum atomic E-state index is 13.0. The number of amides is 1. The molecule has 1 unspecified atom stereocenters. The number of ether oxygens (including phenoxy) is 1. The molecule has 33 heavy (non-hydrogen) atoms. The molecule has 1 saturated carbocycles. The second kappa shape index (κ2) is 9.80. The normalized spacial score (nSPS) is 24.1. The number of nitrogens with zero attached hydrogens (tertiary/aromatic N) is 3. The quantitative estimate of drug-likeness (QED) is 0.545. The van der Waals surface area contributed by atoms with Crippen molar-refractivity contribution in [3.8, 4) is 0 Å². The van der Waals surface area contributed by atoms with E-state index in [1.165, 1.54) is 10.9 Å². The average molecular weight is 449 g/mol. The van der Waals surface area contributed by atoms with Crippen molar-refractivity contribution < 1.29 is 9.53 Å². The molecule has 4 heterocycles. The van der Waals surface area contributed by atoms with E-state index in [1.54, 1.807) is 0 Å². The number of carbonyl (C=O) groups is 1. The van der Waals surface area contributed by atoms with Crippen molar-refractivity contribution in [2.24, 2.45) is 11.8 Å². The summed E-state index contributed by atoms with van der Waals surface area (Å²) in [6, 6.07) is 4.30. The summed E-state index contributed by atoms with van der Waals surface area (Å²) in [6.07, 6.45) is 13.3. The van der Waals surface area contributed by atoms with E-state index in [-0.39, 0.29) is 6.10 Å². The number of carbonyl (C=O) groups excluding carboxylic acids is 1. The Morgan fingerprint density at radius 3 is 2.85 bits per heavy atom. The van der Waals surface area contributed by atoms with Crippen LogP contribution >= 0.6 is 0 Å². The van der Waals surface area contributed by atoms with Crippen LogP contribution in [0.25, 0.3) is 21.9 Å². The topological polar surface area (TPSA) is 71.1 Å². The van der Waals surface area contributed by atoms with Crippen LogP contribution in [0.15, 0.2) is 30.7 Å². The Labute approximate surface area is 196 Å². The molecule has 2 fully saturated rings. The Hall–Kier alpha value is -2.47. The van der Waals surface area contributed by atoms with Crippen LogP contribution < -0.4 is 0 Å². The van der Waals surface area contributed by atoms with Gasteiger partial charge < -0.3 is 14.6 Å². The lowest BCUT2D eigenvalue weighted by atomic mass is 9.76. The molecule has 1 atom stereocenters. The summed E-state index contributed by atoms with van der Waals surface area (Å²) in [5.74, 6) is 1.88. The third-order valence-corrected chi connectivity index (χ3v) is 7.47. The number of aromatic nitrogens is 3. The molecule has 3 aromatic rings. The van der Waals surface area contributed by atoms with Crippen molar-refractivity contribution in [1.82, 2.24) is 19.9 Å². The standard InChI is InChI=1S/C27H36N4O2/c1-18(2)17-33-21-4-3-13-31(16-21)25(32)14-19-5-7-20(8-6-19)22-9-11-28-24-15-30-27-23(26(22)24)10-12-29-27/h9-12,15,18-21,28H,3-8,13-14,16-17H2,1-2H3. The summed E-state index contributed by atoms with van der Waals surface area (Å²) in [5, 5.41) is 2.40. The Morgan fingerprint density at radius 1 is 1.18 bits per heavy atom. The number of nitrogens with one attached hydrogen (secondary N) is 1. The number of fused-ring (bicyclic) bond motifs is 3. The highest BCUT2D eigenvalue weighted by molar-refractivity contribution is 6.05. The smallest absolute Gasteiger partial charge is 0.222 e. The Bertz CT molecular complexity index is 1100. The zero-order chi connectivity index (χ0) is 22.8. The molecule has 0 radical (unpaired) electrons. The molecule has 3 aromatic heterocycles. The molecule has 1 aliphatic heterocycles. The Kier molecular flexibility index (Phi) is 6.63. The number of piperidine rings is 1. The highest BCUT2D eigenvalue weighted by Gasteiger charge is 2.29. The molecule has 0 bridgehead atoms. The molecule has 176 valence electrons.